The van der Waals surface area contributed by atoms with Crippen molar-refractivity contribution in [1.82, 2.24) is 0 Å². The first kappa shape index (κ1) is 8.57. The Morgan fingerprint density at radius 1 is 1.50 bits per heavy atom. The molecule has 0 saturated heterocycles. The largest absolute Gasteiger partial charge is 0.493 e. The average Bonchev–Trinajstić information content (AvgIpc) is 2.77. The van der Waals surface area contributed by atoms with E-state index < -0.39 is 0 Å². The molecule has 2 nitrogen and oxygen atoms in total. The van der Waals surface area contributed by atoms with E-state index in [9.17, 15) is 0 Å². The minimum atomic E-state index is 0.207. The first-order valence-corrected chi connectivity index (χ1v) is 5.29. The Balaban J connectivity index is 2.12. The highest BCUT2D eigenvalue weighted by atomic mass is 35.5. The van der Waals surface area contributed by atoms with Crippen LogP contribution in [-0.2, 0) is 5.41 Å². The lowest BCUT2D eigenvalue weighted by Gasteiger charge is -2.26. The van der Waals surface area contributed by atoms with Gasteiger partial charge in [-0.1, -0.05) is 17.7 Å². The number of hydrogen-bond acceptors (Lipinski definition) is 2. The van der Waals surface area contributed by atoms with Crippen LogP contribution in [0.25, 0.3) is 0 Å². The van der Waals surface area contributed by atoms with Crippen LogP contribution < -0.4 is 10.5 Å². The highest BCUT2D eigenvalue weighted by Gasteiger charge is 2.55. The first-order valence-electron chi connectivity index (χ1n) is 4.91. The van der Waals surface area contributed by atoms with Gasteiger partial charge < -0.3 is 10.5 Å². The molecule has 0 bridgehead atoms. The summed E-state index contributed by atoms with van der Waals surface area (Å²) in [6.45, 7) is 0.765. The number of halogens is 1. The molecule has 74 valence electrons. The molecule has 0 aromatic heterocycles. The molecule has 14 heavy (non-hydrogen) atoms. The van der Waals surface area contributed by atoms with E-state index in [1.165, 1.54) is 5.56 Å². The van der Waals surface area contributed by atoms with E-state index in [0.717, 1.165) is 30.2 Å². The molecular formula is C11H12ClNO. The van der Waals surface area contributed by atoms with Crippen molar-refractivity contribution < 1.29 is 4.74 Å². The minimum absolute atomic E-state index is 0.207. The molecule has 2 unspecified atom stereocenters. The molecule has 1 saturated carbocycles. The van der Waals surface area contributed by atoms with Crippen molar-refractivity contribution in [3.05, 3.63) is 28.8 Å². The van der Waals surface area contributed by atoms with Crippen LogP contribution in [0.1, 0.15) is 18.4 Å². The fraction of sp³-hybridized carbons (Fsp3) is 0.455. The molecule has 1 spiro atoms. The summed E-state index contributed by atoms with van der Waals surface area (Å²) in [7, 11) is 0. The quantitative estimate of drug-likeness (QED) is 0.710. The van der Waals surface area contributed by atoms with Gasteiger partial charge in [-0.15, -0.1) is 0 Å². The van der Waals surface area contributed by atoms with Gasteiger partial charge in [-0.25, -0.2) is 0 Å². The maximum Gasteiger partial charge on any atom is 0.124 e. The lowest BCUT2D eigenvalue weighted by Crippen LogP contribution is -2.26. The molecular weight excluding hydrogens is 198 g/mol. The van der Waals surface area contributed by atoms with Crippen LogP contribution in [0.4, 0.5) is 0 Å². The van der Waals surface area contributed by atoms with E-state index in [-0.39, 0.29) is 5.41 Å². The molecule has 2 aliphatic rings. The van der Waals surface area contributed by atoms with Gasteiger partial charge in [0.1, 0.15) is 5.75 Å². The first-order chi connectivity index (χ1) is 6.72. The standard InChI is InChI=1S/C11H12ClNO/c12-7-1-2-8-9(5-7)14-4-3-11(8)6-10(11)13/h1-2,5,10H,3-4,6,13H2. The minimum Gasteiger partial charge on any atom is -0.493 e. The molecule has 1 aromatic rings. The predicted octanol–water partition coefficient (Wildman–Crippen LogP) is 2.09. The van der Waals surface area contributed by atoms with E-state index in [1.807, 2.05) is 12.1 Å². The van der Waals surface area contributed by atoms with E-state index in [4.69, 9.17) is 22.1 Å². The number of hydrogen-bond donors (Lipinski definition) is 1. The summed E-state index contributed by atoms with van der Waals surface area (Å²) in [5, 5.41) is 0.732. The number of benzene rings is 1. The van der Waals surface area contributed by atoms with Gasteiger partial charge in [0.05, 0.1) is 6.61 Å². The Morgan fingerprint density at radius 3 is 3.00 bits per heavy atom. The summed E-state index contributed by atoms with van der Waals surface area (Å²) in [6.07, 6.45) is 2.13. The molecule has 1 aliphatic heterocycles. The second kappa shape index (κ2) is 2.65. The van der Waals surface area contributed by atoms with Crippen LogP contribution >= 0.6 is 11.6 Å². The van der Waals surface area contributed by atoms with Gasteiger partial charge >= 0.3 is 0 Å². The van der Waals surface area contributed by atoms with Crippen LogP contribution in [0.2, 0.25) is 5.02 Å². The number of fused-ring (bicyclic) bond motifs is 2. The van der Waals surface area contributed by atoms with E-state index in [2.05, 4.69) is 6.07 Å². The van der Waals surface area contributed by atoms with Crippen LogP contribution in [0.3, 0.4) is 0 Å². The normalized spacial score (nSPS) is 33.7. The lowest BCUT2D eigenvalue weighted by atomic mass is 9.89. The van der Waals surface area contributed by atoms with Crippen molar-refractivity contribution in [3.8, 4) is 5.75 Å². The van der Waals surface area contributed by atoms with Gasteiger partial charge in [0.2, 0.25) is 0 Å². The van der Waals surface area contributed by atoms with Crippen molar-refractivity contribution in [3.63, 3.8) is 0 Å². The highest BCUT2D eigenvalue weighted by molar-refractivity contribution is 6.30. The topological polar surface area (TPSA) is 35.2 Å². The summed E-state index contributed by atoms with van der Waals surface area (Å²) in [4.78, 5) is 0. The third-order valence-corrected chi connectivity index (χ3v) is 3.65. The summed E-state index contributed by atoms with van der Waals surface area (Å²) in [5.74, 6) is 0.928. The van der Waals surface area contributed by atoms with Gasteiger partial charge in [-0.2, -0.15) is 0 Å². The summed E-state index contributed by atoms with van der Waals surface area (Å²) >= 11 is 5.92. The third-order valence-electron chi connectivity index (χ3n) is 3.42. The summed E-state index contributed by atoms with van der Waals surface area (Å²) < 4.78 is 5.59. The van der Waals surface area contributed by atoms with Crippen molar-refractivity contribution in [2.45, 2.75) is 24.3 Å². The number of ether oxygens (including phenoxy) is 1. The molecule has 0 amide bonds. The van der Waals surface area contributed by atoms with Gasteiger partial charge in [-0.05, 0) is 25.0 Å². The van der Waals surface area contributed by atoms with Gasteiger partial charge in [0.15, 0.2) is 0 Å². The van der Waals surface area contributed by atoms with Crippen LogP contribution in [0.5, 0.6) is 5.75 Å². The Kier molecular flexibility index (Phi) is 1.62. The Labute approximate surface area is 88.0 Å². The molecule has 2 atom stereocenters. The average molecular weight is 210 g/mol. The van der Waals surface area contributed by atoms with Crippen LogP contribution in [0, 0.1) is 0 Å². The highest BCUT2D eigenvalue weighted by Crippen LogP contribution is 2.55. The Hall–Kier alpha value is -0.730. The molecule has 3 heteroatoms. The molecule has 0 radical (unpaired) electrons. The monoisotopic (exact) mass is 209 g/mol. The number of rotatable bonds is 0. The van der Waals surface area contributed by atoms with Crippen molar-refractivity contribution in [2.75, 3.05) is 6.61 Å². The van der Waals surface area contributed by atoms with Gasteiger partial charge in [0.25, 0.3) is 0 Å². The zero-order chi connectivity index (χ0) is 9.76. The second-order valence-corrected chi connectivity index (χ2v) is 4.64. The summed E-state index contributed by atoms with van der Waals surface area (Å²) in [5.41, 5.74) is 7.45. The lowest BCUT2D eigenvalue weighted by molar-refractivity contribution is 0.258. The fourth-order valence-electron chi connectivity index (χ4n) is 2.44. The van der Waals surface area contributed by atoms with E-state index in [0.29, 0.717) is 6.04 Å². The zero-order valence-corrected chi connectivity index (χ0v) is 8.55. The molecule has 3 rings (SSSR count). The van der Waals surface area contributed by atoms with E-state index >= 15 is 0 Å². The summed E-state index contributed by atoms with van der Waals surface area (Å²) in [6, 6.07) is 6.18. The number of nitrogens with two attached hydrogens (primary N) is 1. The maximum atomic E-state index is 6.00. The molecule has 1 aromatic carbocycles. The van der Waals surface area contributed by atoms with Crippen molar-refractivity contribution in [1.29, 1.82) is 0 Å². The Bertz CT molecular complexity index is 393. The van der Waals surface area contributed by atoms with E-state index in [1.54, 1.807) is 0 Å². The zero-order valence-electron chi connectivity index (χ0n) is 7.79. The van der Waals surface area contributed by atoms with Gasteiger partial charge in [-0.3, -0.25) is 0 Å². The van der Waals surface area contributed by atoms with Crippen LogP contribution in [-0.4, -0.2) is 12.6 Å². The SMILES string of the molecule is NC1CC12CCOc1cc(Cl)ccc12. The third kappa shape index (κ3) is 1.01. The second-order valence-electron chi connectivity index (χ2n) is 4.21. The van der Waals surface area contributed by atoms with Crippen molar-refractivity contribution >= 4 is 11.6 Å². The van der Waals surface area contributed by atoms with Crippen molar-refractivity contribution in [2.24, 2.45) is 5.73 Å². The molecule has 1 aliphatic carbocycles. The maximum absolute atomic E-state index is 6.00. The van der Waals surface area contributed by atoms with Gasteiger partial charge in [0, 0.05) is 22.0 Å². The molecule has 1 fully saturated rings. The Morgan fingerprint density at radius 2 is 2.29 bits per heavy atom. The smallest absolute Gasteiger partial charge is 0.124 e. The fourth-order valence-corrected chi connectivity index (χ4v) is 2.60. The predicted molar refractivity (Wildman–Crippen MR) is 55.8 cm³/mol. The molecule has 2 N–H and O–H groups in total. The molecule has 1 heterocycles. The van der Waals surface area contributed by atoms with Crippen LogP contribution in [0.15, 0.2) is 18.2 Å².